The second kappa shape index (κ2) is 11.9. The van der Waals surface area contributed by atoms with Gasteiger partial charge in [-0.3, -0.25) is 4.90 Å². The normalized spacial score (nSPS) is 18.7. The van der Waals surface area contributed by atoms with Crippen LogP contribution in [-0.4, -0.2) is 84.1 Å². The Labute approximate surface area is 235 Å². The lowest BCUT2D eigenvalue weighted by atomic mass is 10.0. The molecule has 2 aromatic carbocycles. The largest absolute Gasteiger partial charge is 0.494 e. The number of rotatable bonds is 9. The molecule has 0 spiro atoms. The van der Waals surface area contributed by atoms with Gasteiger partial charge in [0, 0.05) is 44.0 Å². The molecule has 3 heterocycles. The second-order valence-electron chi connectivity index (χ2n) is 10.5. The Morgan fingerprint density at radius 2 is 1.68 bits per heavy atom. The predicted octanol–water partition coefficient (Wildman–Crippen LogP) is 3.58. The molecule has 3 N–H and O–H groups in total. The Kier molecular flexibility index (Phi) is 8.38. The topological polar surface area (TPSA) is 133 Å². The van der Waals surface area contributed by atoms with E-state index in [1.807, 2.05) is 12.1 Å². The first-order valence-electron chi connectivity index (χ1n) is 13.7. The summed E-state index contributed by atoms with van der Waals surface area (Å²) in [5.41, 5.74) is 2.19. The molecule has 2 fully saturated rings. The van der Waals surface area contributed by atoms with E-state index in [0.717, 1.165) is 51.1 Å². The summed E-state index contributed by atoms with van der Waals surface area (Å²) in [5.74, 6) is 1.17. The molecule has 2 aliphatic rings. The molecule has 3 aromatic rings. The molecular weight excluding hydrogens is 530 g/mol. The number of hydrogen-bond donors (Lipinski definition) is 3. The number of para-hydroxylation sites is 1. The summed E-state index contributed by atoms with van der Waals surface area (Å²) < 4.78 is 31.3. The zero-order valence-corrected chi connectivity index (χ0v) is 23.9. The van der Waals surface area contributed by atoms with Gasteiger partial charge in [-0.05, 0) is 57.4 Å². The molecule has 0 bridgehead atoms. The van der Waals surface area contributed by atoms with Crippen LogP contribution in [0.1, 0.15) is 33.1 Å². The molecule has 1 aromatic heterocycles. The molecule has 40 heavy (non-hydrogen) atoms. The summed E-state index contributed by atoms with van der Waals surface area (Å²) in [4.78, 5) is 17.8. The number of benzene rings is 2. The highest BCUT2D eigenvalue weighted by Crippen LogP contribution is 2.34. The van der Waals surface area contributed by atoms with Crippen molar-refractivity contribution < 1.29 is 18.3 Å². The van der Waals surface area contributed by atoms with Gasteiger partial charge in [-0.2, -0.15) is 4.98 Å². The number of methoxy groups -OCH3 is 1. The molecule has 0 amide bonds. The summed E-state index contributed by atoms with van der Waals surface area (Å²) in [6, 6.07) is 13.2. The number of β-amino-alcohol motifs (C(OH)–C–C–N with tert-alkyl or cyclic N) is 1. The SMILES string of the molecule is COc1cc(N2CCC(N3CCC(O)C3)CC2)ccc1Nc1ncnc(Nc2ccccc2S(=O)(=O)C(C)C)n1. The van der Waals surface area contributed by atoms with Crippen molar-refractivity contribution in [1.29, 1.82) is 0 Å². The van der Waals surface area contributed by atoms with Crippen molar-refractivity contribution in [2.45, 2.75) is 55.4 Å². The summed E-state index contributed by atoms with van der Waals surface area (Å²) in [6.07, 6.45) is 4.18. The lowest BCUT2D eigenvalue weighted by Gasteiger charge is -2.38. The van der Waals surface area contributed by atoms with E-state index < -0.39 is 15.1 Å². The number of anilines is 5. The summed E-state index contributed by atoms with van der Waals surface area (Å²) in [7, 11) is -1.87. The highest BCUT2D eigenvalue weighted by atomic mass is 32.2. The molecule has 1 atom stereocenters. The molecule has 12 heteroatoms. The van der Waals surface area contributed by atoms with Crippen LogP contribution in [0.5, 0.6) is 5.75 Å². The standard InChI is InChI=1S/C28H37N7O4S/c1-19(2)40(37,38)26-7-5-4-6-24(26)32-28-30-18-29-27(33-28)31-23-9-8-21(16-25(23)39-3)34-13-10-20(11-14-34)35-15-12-22(36)17-35/h4-9,16,18-20,22,36H,10-15,17H2,1-3H3,(H2,29,30,31,32,33). The van der Waals surface area contributed by atoms with Gasteiger partial charge in [0.1, 0.15) is 12.1 Å². The molecular formula is C28H37N7O4S. The van der Waals surface area contributed by atoms with Crippen molar-refractivity contribution in [2.75, 3.05) is 48.8 Å². The maximum atomic E-state index is 12.8. The minimum atomic E-state index is -3.50. The van der Waals surface area contributed by atoms with Gasteiger partial charge >= 0.3 is 0 Å². The Hall–Kier alpha value is -3.48. The van der Waals surface area contributed by atoms with Crippen LogP contribution in [0, 0.1) is 0 Å². The first kappa shape index (κ1) is 28.1. The predicted molar refractivity (Wildman–Crippen MR) is 156 cm³/mol. The van der Waals surface area contributed by atoms with E-state index in [1.54, 1.807) is 45.2 Å². The van der Waals surface area contributed by atoms with Crippen LogP contribution < -0.4 is 20.3 Å². The smallest absolute Gasteiger partial charge is 0.232 e. The molecule has 0 saturated carbocycles. The number of piperidine rings is 1. The van der Waals surface area contributed by atoms with Crippen LogP contribution >= 0.6 is 0 Å². The van der Waals surface area contributed by atoms with Gasteiger partial charge in [0.2, 0.25) is 11.9 Å². The molecule has 2 aliphatic heterocycles. The maximum Gasteiger partial charge on any atom is 0.232 e. The molecule has 0 aliphatic carbocycles. The van der Waals surface area contributed by atoms with Crippen LogP contribution in [0.25, 0.3) is 0 Å². The zero-order valence-electron chi connectivity index (χ0n) is 23.1. The van der Waals surface area contributed by atoms with Gasteiger partial charge in [-0.25, -0.2) is 18.4 Å². The minimum Gasteiger partial charge on any atom is -0.494 e. The van der Waals surface area contributed by atoms with Crippen molar-refractivity contribution in [3.63, 3.8) is 0 Å². The number of hydrogen-bond acceptors (Lipinski definition) is 11. The van der Waals surface area contributed by atoms with Gasteiger partial charge in [-0.15, -0.1) is 0 Å². The Morgan fingerprint density at radius 1 is 0.975 bits per heavy atom. The number of nitrogens with zero attached hydrogens (tertiary/aromatic N) is 5. The number of aliphatic hydroxyl groups is 1. The third-order valence-corrected chi connectivity index (χ3v) is 9.82. The average Bonchev–Trinajstić information content (AvgIpc) is 3.40. The molecule has 11 nitrogen and oxygen atoms in total. The fourth-order valence-corrected chi connectivity index (χ4v) is 6.50. The van der Waals surface area contributed by atoms with Crippen molar-refractivity contribution in [1.82, 2.24) is 19.9 Å². The Balaban J connectivity index is 1.27. The van der Waals surface area contributed by atoms with Crippen LogP contribution in [-0.2, 0) is 9.84 Å². The van der Waals surface area contributed by atoms with Gasteiger partial charge in [0.15, 0.2) is 9.84 Å². The second-order valence-corrected chi connectivity index (χ2v) is 13.0. The minimum absolute atomic E-state index is 0.185. The number of nitrogens with one attached hydrogen (secondary N) is 2. The first-order chi connectivity index (χ1) is 19.2. The fourth-order valence-electron chi connectivity index (χ4n) is 5.30. The summed E-state index contributed by atoms with van der Waals surface area (Å²) in [5, 5.41) is 15.5. The Bertz CT molecular complexity index is 1430. The average molecular weight is 568 g/mol. The van der Waals surface area contributed by atoms with Crippen LogP contribution in [0.4, 0.5) is 29.0 Å². The quantitative estimate of drug-likeness (QED) is 0.350. The van der Waals surface area contributed by atoms with E-state index in [9.17, 15) is 13.5 Å². The van der Waals surface area contributed by atoms with E-state index in [2.05, 4.69) is 41.5 Å². The van der Waals surface area contributed by atoms with E-state index in [1.165, 1.54) is 6.33 Å². The molecule has 214 valence electrons. The zero-order chi connectivity index (χ0) is 28.3. The van der Waals surface area contributed by atoms with Crippen LogP contribution in [0.2, 0.25) is 0 Å². The third-order valence-electron chi connectivity index (χ3n) is 7.60. The monoisotopic (exact) mass is 567 g/mol. The third kappa shape index (κ3) is 6.13. The number of aliphatic hydroxyl groups excluding tert-OH is 1. The highest BCUT2D eigenvalue weighted by molar-refractivity contribution is 7.92. The van der Waals surface area contributed by atoms with E-state index in [0.29, 0.717) is 29.1 Å². The maximum absolute atomic E-state index is 12.8. The molecule has 0 radical (unpaired) electrons. The fraction of sp³-hybridized carbons (Fsp3) is 0.464. The number of ether oxygens (including phenoxy) is 1. The lowest BCUT2D eigenvalue weighted by Crippen LogP contribution is -2.44. The molecule has 5 rings (SSSR count). The van der Waals surface area contributed by atoms with Crippen molar-refractivity contribution in [3.05, 3.63) is 48.8 Å². The highest BCUT2D eigenvalue weighted by Gasteiger charge is 2.30. The van der Waals surface area contributed by atoms with Gasteiger partial charge in [-0.1, -0.05) is 12.1 Å². The van der Waals surface area contributed by atoms with Gasteiger partial charge in [0.25, 0.3) is 0 Å². The summed E-state index contributed by atoms with van der Waals surface area (Å²) >= 11 is 0. The lowest BCUT2D eigenvalue weighted by molar-refractivity contribution is 0.148. The Morgan fingerprint density at radius 3 is 2.33 bits per heavy atom. The molecule has 2 saturated heterocycles. The molecule has 1 unspecified atom stereocenters. The number of likely N-dealkylation sites (tertiary alicyclic amines) is 1. The van der Waals surface area contributed by atoms with E-state index in [4.69, 9.17) is 4.74 Å². The van der Waals surface area contributed by atoms with Crippen molar-refractivity contribution in [2.24, 2.45) is 0 Å². The van der Waals surface area contributed by atoms with Gasteiger partial charge < -0.3 is 25.4 Å². The van der Waals surface area contributed by atoms with Crippen molar-refractivity contribution >= 4 is 38.8 Å². The van der Waals surface area contributed by atoms with Gasteiger partial charge in [0.05, 0.1) is 34.7 Å². The number of aromatic nitrogens is 3. The van der Waals surface area contributed by atoms with Crippen molar-refractivity contribution in [3.8, 4) is 5.75 Å². The van der Waals surface area contributed by atoms with Crippen LogP contribution in [0.15, 0.2) is 53.7 Å². The van der Waals surface area contributed by atoms with E-state index >= 15 is 0 Å². The number of sulfone groups is 1. The van der Waals surface area contributed by atoms with E-state index in [-0.39, 0.29) is 16.9 Å². The van der Waals surface area contributed by atoms with Crippen LogP contribution in [0.3, 0.4) is 0 Å². The first-order valence-corrected chi connectivity index (χ1v) is 15.2. The summed E-state index contributed by atoms with van der Waals surface area (Å²) in [6.45, 7) is 6.97.